The van der Waals surface area contributed by atoms with E-state index in [-0.39, 0.29) is 18.0 Å². The van der Waals surface area contributed by atoms with E-state index in [0.717, 1.165) is 4.57 Å². The molecule has 0 aliphatic carbocycles. The zero-order valence-corrected chi connectivity index (χ0v) is 17.2. The summed E-state index contributed by atoms with van der Waals surface area (Å²) in [7, 11) is 7.38. The first-order valence-corrected chi connectivity index (χ1v) is 9.17. The van der Waals surface area contributed by atoms with Crippen LogP contribution in [0, 0.1) is 5.92 Å². The van der Waals surface area contributed by atoms with Crippen LogP contribution in [0.25, 0.3) is 0 Å². The number of cyclic esters (lactones) is 1. The van der Waals surface area contributed by atoms with Crippen molar-refractivity contribution in [1.82, 2.24) is 9.13 Å². The molecule has 1 aromatic carbocycles. The van der Waals surface area contributed by atoms with Crippen LogP contribution in [0.4, 0.5) is 5.82 Å². The fourth-order valence-corrected chi connectivity index (χ4v) is 4.10. The van der Waals surface area contributed by atoms with Gasteiger partial charge >= 0.3 is 11.7 Å². The van der Waals surface area contributed by atoms with Crippen LogP contribution in [-0.2, 0) is 23.6 Å². The molecule has 2 atom stereocenters. The maximum atomic E-state index is 13.1. The summed E-state index contributed by atoms with van der Waals surface area (Å²) in [5, 5.41) is 0. The SMILES string of the molecule is COc1cc(C2c3c(n(C)c(=O)n(C)c3=O)N=C3COC(=O)C32)cc(OC)c1OC. The predicted molar refractivity (Wildman–Crippen MR) is 106 cm³/mol. The molecule has 2 aromatic rings. The van der Waals surface area contributed by atoms with Gasteiger partial charge in [0.05, 0.1) is 32.6 Å². The second-order valence-electron chi connectivity index (χ2n) is 7.07. The van der Waals surface area contributed by atoms with Gasteiger partial charge in [-0.25, -0.2) is 9.79 Å². The van der Waals surface area contributed by atoms with Gasteiger partial charge in [-0.2, -0.15) is 0 Å². The lowest BCUT2D eigenvalue weighted by Gasteiger charge is -2.28. The van der Waals surface area contributed by atoms with Crippen molar-refractivity contribution in [1.29, 1.82) is 0 Å². The number of carbonyl (C=O) groups is 1. The Morgan fingerprint density at radius 2 is 1.60 bits per heavy atom. The Labute approximate surface area is 171 Å². The van der Waals surface area contributed by atoms with Crippen LogP contribution in [0.5, 0.6) is 17.2 Å². The van der Waals surface area contributed by atoms with Gasteiger partial charge in [-0.3, -0.25) is 18.7 Å². The Morgan fingerprint density at radius 3 is 2.17 bits per heavy atom. The number of aliphatic imine (C=N–C) groups is 1. The highest BCUT2D eigenvalue weighted by Crippen LogP contribution is 2.47. The predicted octanol–water partition coefficient (Wildman–Crippen LogP) is 0.501. The Balaban J connectivity index is 2.08. The highest BCUT2D eigenvalue weighted by atomic mass is 16.5. The van der Waals surface area contributed by atoms with Crippen molar-refractivity contribution >= 4 is 17.5 Å². The zero-order chi connectivity index (χ0) is 21.7. The van der Waals surface area contributed by atoms with E-state index in [9.17, 15) is 14.4 Å². The minimum Gasteiger partial charge on any atom is -0.493 e. The summed E-state index contributed by atoms with van der Waals surface area (Å²) < 4.78 is 23.8. The van der Waals surface area contributed by atoms with Crippen LogP contribution in [0.2, 0.25) is 0 Å². The van der Waals surface area contributed by atoms with Gasteiger partial charge in [0.1, 0.15) is 18.3 Å². The summed E-state index contributed by atoms with van der Waals surface area (Å²) in [5.74, 6) is -0.639. The van der Waals surface area contributed by atoms with Crippen LogP contribution in [0.15, 0.2) is 26.7 Å². The second kappa shape index (κ2) is 7.05. The molecule has 1 fully saturated rings. The molecular formula is C20H21N3O7. The molecule has 0 bridgehead atoms. The molecule has 158 valence electrons. The molecule has 4 rings (SSSR count). The number of benzene rings is 1. The summed E-state index contributed by atoms with van der Waals surface area (Å²) in [6, 6.07) is 3.38. The third-order valence-electron chi connectivity index (χ3n) is 5.58. The number of hydrogen-bond donors (Lipinski definition) is 0. The number of esters is 1. The summed E-state index contributed by atoms with van der Waals surface area (Å²) in [6.07, 6.45) is 0. The number of hydrogen-bond acceptors (Lipinski definition) is 8. The van der Waals surface area contributed by atoms with Crippen molar-refractivity contribution in [3.63, 3.8) is 0 Å². The summed E-state index contributed by atoms with van der Waals surface area (Å²) >= 11 is 0. The van der Waals surface area contributed by atoms with Crippen molar-refractivity contribution < 1.29 is 23.7 Å². The number of ether oxygens (including phenoxy) is 4. The molecule has 3 heterocycles. The van der Waals surface area contributed by atoms with E-state index in [2.05, 4.69) is 4.99 Å². The Bertz CT molecular complexity index is 1180. The van der Waals surface area contributed by atoms with Gasteiger partial charge in [-0.05, 0) is 17.7 Å². The van der Waals surface area contributed by atoms with Crippen LogP contribution in [0.1, 0.15) is 17.0 Å². The number of carbonyl (C=O) groups excluding carboxylic acids is 1. The van der Waals surface area contributed by atoms with Crippen molar-refractivity contribution in [3.8, 4) is 17.2 Å². The molecule has 2 aliphatic rings. The monoisotopic (exact) mass is 415 g/mol. The highest BCUT2D eigenvalue weighted by Gasteiger charge is 2.47. The standard InChI is InChI=1S/C20H21N3O7/c1-22-17-15(18(24)23(2)20(22)26)13(14-10(21-17)8-30-19(14)25)9-6-11(27-3)16(29-5)12(7-9)28-4/h6-7,13-14H,8H2,1-5H3. The summed E-state index contributed by atoms with van der Waals surface area (Å²) in [6.45, 7) is 0.00721. The molecule has 1 saturated heterocycles. The van der Waals surface area contributed by atoms with Crippen LogP contribution >= 0.6 is 0 Å². The minimum absolute atomic E-state index is 0.00721. The largest absolute Gasteiger partial charge is 0.493 e. The van der Waals surface area contributed by atoms with Gasteiger partial charge in [0.2, 0.25) is 5.75 Å². The molecule has 1 aromatic heterocycles. The second-order valence-corrected chi connectivity index (χ2v) is 7.07. The van der Waals surface area contributed by atoms with Crippen molar-refractivity contribution in [3.05, 3.63) is 44.1 Å². The van der Waals surface area contributed by atoms with Crippen LogP contribution < -0.4 is 25.5 Å². The first kappa shape index (κ1) is 19.7. The number of rotatable bonds is 4. The Morgan fingerprint density at radius 1 is 0.967 bits per heavy atom. The molecule has 30 heavy (non-hydrogen) atoms. The number of fused-ring (bicyclic) bond motifs is 2. The molecular weight excluding hydrogens is 394 g/mol. The smallest absolute Gasteiger partial charge is 0.332 e. The lowest BCUT2D eigenvalue weighted by Crippen LogP contribution is -2.43. The lowest BCUT2D eigenvalue weighted by atomic mass is 9.77. The van der Waals surface area contributed by atoms with E-state index < -0.39 is 29.1 Å². The van der Waals surface area contributed by atoms with Crippen molar-refractivity contribution in [2.75, 3.05) is 27.9 Å². The Kier molecular flexibility index (Phi) is 4.64. The van der Waals surface area contributed by atoms with Crippen molar-refractivity contribution in [2.45, 2.75) is 5.92 Å². The average molecular weight is 415 g/mol. The number of nitrogens with zero attached hydrogens (tertiary/aromatic N) is 3. The molecule has 10 heteroatoms. The molecule has 2 aliphatic heterocycles. The molecule has 0 spiro atoms. The summed E-state index contributed by atoms with van der Waals surface area (Å²) in [4.78, 5) is 42.6. The number of aromatic nitrogens is 2. The normalized spacial score (nSPS) is 19.5. The van der Waals surface area contributed by atoms with Crippen LogP contribution in [0.3, 0.4) is 0 Å². The van der Waals surface area contributed by atoms with Crippen molar-refractivity contribution in [2.24, 2.45) is 25.0 Å². The van der Waals surface area contributed by atoms with Crippen LogP contribution in [-0.4, -0.2) is 48.8 Å². The van der Waals surface area contributed by atoms with E-state index in [4.69, 9.17) is 18.9 Å². The Hall–Kier alpha value is -3.56. The minimum atomic E-state index is -0.787. The third kappa shape index (κ3) is 2.63. The lowest BCUT2D eigenvalue weighted by molar-refractivity contribution is -0.141. The maximum absolute atomic E-state index is 13.1. The van der Waals surface area contributed by atoms with Gasteiger partial charge in [0.25, 0.3) is 5.56 Å². The quantitative estimate of drug-likeness (QED) is 0.669. The molecule has 0 saturated carbocycles. The number of methoxy groups -OCH3 is 3. The van der Waals surface area contributed by atoms with Gasteiger partial charge in [0.15, 0.2) is 11.5 Å². The van der Waals surface area contributed by atoms with E-state index >= 15 is 0 Å². The maximum Gasteiger partial charge on any atom is 0.332 e. The third-order valence-corrected chi connectivity index (χ3v) is 5.58. The average Bonchev–Trinajstić information content (AvgIpc) is 3.14. The molecule has 2 unspecified atom stereocenters. The summed E-state index contributed by atoms with van der Waals surface area (Å²) in [5.41, 5.74) is 0.263. The zero-order valence-electron chi connectivity index (χ0n) is 17.2. The fraction of sp³-hybridized carbons (Fsp3) is 0.400. The van der Waals surface area contributed by atoms with E-state index in [1.165, 1.54) is 40.0 Å². The molecule has 0 N–H and O–H groups in total. The topological polar surface area (TPSA) is 110 Å². The molecule has 10 nitrogen and oxygen atoms in total. The first-order chi connectivity index (χ1) is 14.3. The van der Waals surface area contributed by atoms with E-state index in [1.807, 2.05) is 0 Å². The van der Waals surface area contributed by atoms with Gasteiger partial charge in [-0.1, -0.05) is 0 Å². The first-order valence-electron chi connectivity index (χ1n) is 9.17. The van der Waals surface area contributed by atoms with Gasteiger partial charge in [0, 0.05) is 20.0 Å². The van der Waals surface area contributed by atoms with E-state index in [1.54, 1.807) is 12.1 Å². The molecule has 0 radical (unpaired) electrons. The van der Waals surface area contributed by atoms with E-state index in [0.29, 0.717) is 28.5 Å². The highest BCUT2D eigenvalue weighted by molar-refractivity contribution is 6.10. The van der Waals surface area contributed by atoms with Gasteiger partial charge in [-0.15, -0.1) is 0 Å². The fourth-order valence-electron chi connectivity index (χ4n) is 4.10. The molecule has 0 amide bonds. The van der Waals surface area contributed by atoms with Gasteiger partial charge < -0.3 is 18.9 Å².